The average Bonchev–Trinajstić information content (AvgIpc) is 2.53. The zero-order valence-electron chi connectivity index (χ0n) is 13.2. The minimum Gasteiger partial charge on any atom is -0.479 e. The molecule has 116 valence electrons. The van der Waals surface area contributed by atoms with Crippen molar-refractivity contribution < 1.29 is 14.6 Å². The molecule has 2 aromatic rings. The van der Waals surface area contributed by atoms with Crippen molar-refractivity contribution in [1.29, 1.82) is 0 Å². The van der Waals surface area contributed by atoms with Crippen molar-refractivity contribution in [2.75, 3.05) is 0 Å². The number of benzene rings is 2. The van der Waals surface area contributed by atoms with Crippen LogP contribution in [0.4, 0.5) is 0 Å². The molecule has 0 radical (unpaired) electrons. The monoisotopic (exact) mass is 298 g/mol. The van der Waals surface area contributed by atoms with Crippen molar-refractivity contribution in [3.05, 3.63) is 65.7 Å². The number of hydrogen-bond acceptors (Lipinski definition) is 2. The molecular weight excluding hydrogens is 276 g/mol. The first-order valence-electron chi connectivity index (χ1n) is 7.50. The van der Waals surface area contributed by atoms with E-state index in [1.54, 1.807) is 6.92 Å². The zero-order valence-corrected chi connectivity index (χ0v) is 13.2. The van der Waals surface area contributed by atoms with Crippen LogP contribution < -0.4 is 4.74 Å². The SMILES string of the molecule is CCC(Oc1ccc(C(C)(C)c2ccccc2)cc1)C(=O)O. The van der Waals surface area contributed by atoms with Crippen LogP contribution in [0.5, 0.6) is 5.75 Å². The summed E-state index contributed by atoms with van der Waals surface area (Å²) in [5.74, 6) is -0.349. The van der Waals surface area contributed by atoms with Gasteiger partial charge >= 0.3 is 5.97 Å². The van der Waals surface area contributed by atoms with E-state index in [1.807, 2.05) is 42.5 Å². The van der Waals surface area contributed by atoms with Gasteiger partial charge in [-0.1, -0.05) is 63.2 Å². The first kappa shape index (κ1) is 16.1. The number of aliphatic carboxylic acids is 1. The molecule has 0 amide bonds. The van der Waals surface area contributed by atoms with Crippen molar-refractivity contribution in [3.63, 3.8) is 0 Å². The minimum atomic E-state index is -0.934. The summed E-state index contributed by atoms with van der Waals surface area (Å²) >= 11 is 0. The van der Waals surface area contributed by atoms with Gasteiger partial charge in [0.05, 0.1) is 0 Å². The Hall–Kier alpha value is -2.29. The van der Waals surface area contributed by atoms with Crippen molar-refractivity contribution >= 4 is 5.97 Å². The summed E-state index contributed by atoms with van der Waals surface area (Å²) in [6.07, 6.45) is -0.361. The maximum absolute atomic E-state index is 11.0. The fraction of sp³-hybridized carbons (Fsp3) is 0.316. The van der Waals surface area contributed by atoms with Gasteiger partial charge in [-0.2, -0.15) is 0 Å². The molecule has 3 nitrogen and oxygen atoms in total. The molecule has 3 heteroatoms. The maximum Gasteiger partial charge on any atom is 0.344 e. The predicted octanol–water partition coefficient (Wildman–Crippen LogP) is 4.25. The van der Waals surface area contributed by atoms with Crippen molar-refractivity contribution in [2.24, 2.45) is 0 Å². The van der Waals surface area contributed by atoms with Crippen molar-refractivity contribution in [1.82, 2.24) is 0 Å². The van der Waals surface area contributed by atoms with Gasteiger partial charge < -0.3 is 9.84 Å². The molecule has 1 N–H and O–H groups in total. The van der Waals surface area contributed by atoms with E-state index in [0.29, 0.717) is 12.2 Å². The Morgan fingerprint density at radius 3 is 2.09 bits per heavy atom. The number of carboxylic acid groups (broad SMARTS) is 1. The Labute approximate surface area is 131 Å². The molecule has 2 aromatic carbocycles. The summed E-state index contributed by atoms with van der Waals surface area (Å²) in [5.41, 5.74) is 2.28. The largest absolute Gasteiger partial charge is 0.479 e. The van der Waals surface area contributed by atoms with Gasteiger partial charge in [-0.15, -0.1) is 0 Å². The second kappa shape index (κ2) is 6.65. The van der Waals surface area contributed by atoms with Crippen LogP contribution in [0.2, 0.25) is 0 Å². The van der Waals surface area contributed by atoms with Crippen LogP contribution in [0.15, 0.2) is 54.6 Å². The van der Waals surface area contributed by atoms with Crippen molar-refractivity contribution in [2.45, 2.75) is 38.7 Å². The highest BCUT2D eigenvalue weighted by atomic mass is 16.5. The molecule has 1 atom stereocenters. The number of hydrogen-bond donors (Lipinski definition) is 1. The maximum atomic E-state index is 11.0. The van der Waals surface area contributed by atoms with Gasteiger partial charge in [-0.05, 0) is 29.7 Å². The molecule has 2 rings (SSSR count). The summed E-state index contributed by atoms with van der Waals surface area (Å²) in [4.78, 5) is 11.0. The fourth-order valence-corrected chi connectivity index (χ4v) is 2.44. The third kappa shape index (κ3) is 3.48. The van der Waals surface area contributed by atoms with Gasteiger partial charge in [-0.3, -0.25) is 0 Å². The van der Waals surface area contributed by atoms with E-state index in [2.05, 4.69) is 26.0 Å². The Kier molecular flexibility index (Phi) is 4.86. The molecule has 0 spiro atoms. The molecule has 0 saturated carbocycles. The van der Waals surface area contributed by atoms with Crippen LogP contribution in [0.3, 0.4) is 0 Å². The van der Waals surface area contributed by atoms with Crippen LogP contribution in [0, 0.1) is 0 Å². The molecule has 0 fully saturated rings. The van der Waals surface area contributed by atoms with E-state index in [0.717, 1.165) is 5.56 Å². The van der Waals surface area contributed by atoms with Gasteiger partial charge in [0.25, 0.3) is 0 Å². The Balaban J connectivity index is 2.20. The first-order valence-corrected chi connectivity index (χ1v) is 7.50. The topological polar surface area (TPSA) is 46.5 Å². The normalized spacial score (nSPS) is 12.7. The third-order valence-corrected chi connectivity index (χ3v) is 4.00. The van der Waals surface area contributed by atoms with Gasteiger partial charge in [0, 0.05) is 5.41 Å². The van der Waals surface area contributed by atoms with Gasteiger partial charge in [0.1, 0.15) is 5.75 Å². The average molecular weight is 298 g/mol. The Bertz CT molecular complexity index is 615. The lowest BCUT2D eigenvalue weighted by atomic mass is 9.78. The Morgan fingerprint density at radius 1 is 1.05 bits per heavy atom. The molecule has 0 saturated heterocycles. The molecule has 0 aliphatic rings. The molecular formula is C19H22O3. The molecule has 1 unspecified atom stereocenters. The summed E-state index contributed by atoms with van der Waals surface area (Å²) in [6, 6.07) is 18.0. The van der Waals surface area contributed by atoms with Crippen LogP contribution in [0.1, 0.15) is 38.3 Å². The second-order valence-electron chi connectivity index (χ2n) is 5.87. The van der Waals surface area contributed by atoms with E-state index in [-0.39, 0.29) is 5.41 Å². The van der Waals surface area contributed by atoms with Crippen LogP contribution in [-0.4, -0.2) is 17.2 Å². The van der Waals surface area contributed by atoms with Crippen molar-refractivity contribution in [3.8, 4) is 5.75 Å². The highest BCUT2D eigenvalue weighted by molar-refractivity contribution is 5.72. The molecule has 22 heavy (non-hydrogen) atoms. The molecule has 0 aliphatic heterocycles. The van der Waals surface area contributed by atoms with Crippen LogP contribution in [0.25, 0.3) is 0 Å². The third-order valence-electron chi connectivity index (χ3n) is 4.00. The molecule has 0 bridgehead atoms. The minimum absolute atomic E-state index is 0.114. The zero-order chi connectivity index (χ0) is 16.2. The van der Waals surface area contributed by atoms with Gasteiger partial charge in [0.2, 0.25) is 0 Å². The van der Waals surface area contributed by atoms with Gasteiger partial charge in [0.15, 0.2) is 6.10 Å². The van der Waals surface area contributed by atoms with E-state index in [9.17, 15) is 4.79 Å². The smallest absolute Gasteiger partial charge is 0.344 e. The highest BCUT2D eigenvalue weighted by Gasteiger charge is 2.23. The summed E-state index contributed by atoms with van der Waals surface area (Å²) in [5, 5.41) is 9.04. The fourth-order valence-electron chi connectivity index (χ4n) is 2.44. The molecule has 0 aliphatic carbocycles. The number of rotatable bonds is 6. The molecule has 0 aromatic heterocycles. The number of ether oxygens (including phenoxy) is 1. The Morgan fingerprint density at radius 2 is 1.59 bits per heavy atom. The van der Waals surface area contributed by atoms with E-state index in [4.69, 9.17) is 9.84 Å². The number of carboxylic acids is 1. The lowest BCUT2D eigenvalue weighted by Gasteiger charge is -2.26. The van der Waals surface area contributed by atoms with E-state index in [1.165, 1.54) is 5.56 Å². The lowest BCUT2D eigenvalue weighted by molar-refractivity contribution is -0.145. The highest BCUT2D eigenvalue weighted by Crippen LogP contribution is 2.32. The van der Waals surface area contributed by atoms with Crippen LogP contribution in [-0.2, 0) is 10.2 Å². The summed E-state index contributed by atoms with van der Waals surface area (Å²) in [7, 11) is 0. The summed E-state index contributed by atoms with van der Waals surface area (Å²) < 4.78 is 5.50. The van der Waals surface area contributed by atoms with E-state index >= 15 is 0 Å². The second-order valence-corrected chi connectivity index (χ2v) is 5.87. The van der Waals surface area contributed by atoms with Crippen LogP contribution >= 0.6 is 0 Å². The first-order chi connectivity index (χ1) is 10.4. The lowest BCUT2D eigenvalue weighted by Crippen LogP contribution is -2.26. The predicted molar refractivity (Wildman–Crippen MR) is 87.4 cm³/mol. The van der Waals surface area contributed by atoms with E-state index < -0.39 is 12.1 Å². The number of carbonyl (C=O) groups is 1. The molecule has 0 heterocycles. The van der Waals surface area contributed by atoms with Gasteiger partial charge in [-0.25, -0.2) is 4.79 Å². The summed E-state index contributed by atoms with van der Waals surface area (Å²) in [6.45, 7) is 6.14. The standard InChI is InChI=1S/C19H22O3/c1-4-17(18(20)21)22-16-12-10-15(11-13-16)19(2,3)14-8-6-5-7-9-14/h5-13,17H,4H2,1-3H3,(H,20,21). The quantitative estimate of drug-likeness (QED) is 0.867.